The molecule has 0 saturated heterocycles. The fourth-order valence-electron chi connectivity index (χ4n) is 2.80. The number of aromatic nitrogens is 2. The van der Waals surface area contributed by atoms with E-state index in [2.05, 4.69) is 5.10 Å². The van der Waals surface area contributed by atoms with E-state index in [1.807, 2.05) is 26.0 Å². The van der Waals surface area contributed by atoms with Crippen molar-refractivity contribution in [3.63, 3.8) is 0 Å². The van der Waals surface area contributed by atoms with Crippen molar-refractivity contribution in [2.75, 3.05) is 12.3 Å². The standard InChI is InChI=1S/C15H17ClN4O2/c1-8-5-10(6-9(2)13(8)16)20-14(17)11-7-19(15(21)22)4-3-12(11)18-20/h5-6H,3-4,7,17H2,1-2H3,(H,21,22). The summed E-state index contributed by atoms with van der Waals surface area (Å²) in [5.41, 5.74) is 10.6. The summed E-state index contributed by atoms with van der Waals surface area (Å²) >= 11 is 6.20. The van der Waals surface area contributed by atoms with Gasteiger partial charge < -0.3 is 15.7 Å². The van der Waals surface area contributed by atoms with E-state index in [0.29, 0.717) is 18.8 Å². The number of hydrogen-bond acceptors (Lipinski definition) is 3. The monoisotopic (exact) mass is 320 g/mol. The molecule has 0 fully saturated rings. The second-order valence-corrected chi connectivity index (χ2v) is 5.95. The quantitative estimate of drug-likeness (QED) is 0.846. The molecule has 1 amide bonds. The molecule has 1 aromatic carbocycles. The zero-order valence-corrected chi connectivity index (χ0v) is 13.2. The number of halogens is 1. The SMILES string of the molecule is Cc1cc(-n2nc3c(c2N)CN(C(=O)O)CC3)cc(C)c1Cl. The molecular formula is C15H17ClN4O2. The van der Waals surface area contributed by atoms with Gasteiger partial charge in [0.05, 0.1) is 17.9 Å². The number of rotatable bonds is 1. The van der Waals surface area contributed by atoms with Gasteiger partial charge in [-0.05, 0) is 37.1 Å². The summed E-state index contributed by atoms with van der Waals surface area (Å²) in [6.07, 6.45) is -0.360. The van der Waals surface area contributed by atoms with Gasteiger partial charge in [-0.15, -0.1) is 0 Å². The molecule has 22 heavy (non-hydrogen) atoms. The predicted molar refractivity (Wildman–Crippen MR) is 84.6 cm³/mol. The van der Waals surface area contributed by atoms with E-state index in [9.17, 15) is 4.79 Å². The van der Waals surface area contributed by atoms with Crippen molar-refractivity contribution in [3.8, 4) is 5.69 Å². The lowest BCUT2D eigenvalue weighted by atomic mass is 10.1. The van der Waals surface area contributed by atoms with Crippen molar-refractivity contribution >= 4 is 23.5 Å². The Morgan fingerprint density at radius 2 is 2.00 bits per heavy atom. The zero-order chi connectivity index (χ0) is 16.0. The van der Waals surface area contributed by atoms with Crippen LogP contribution in [0.1, 0.15) is 22.4 Å². The summed E-state index contributed by atoms with van der Waals surface area (Å²) in [5.74, 6) is 0.488. The molecule has 2 heterocycles. The molecule has 3 N–H and O–H groups in total. The molecule has 1 aromatic heterocycles. The molecule has 2 aromatic rings. The minimum atomic E-state index is -0.934. The van der Waals surface area contributed by atoms with Crippen LogP contribution in [0.3, 0.4) is 0 Å². The van der Waals surface area contributed by atoms with E-state index in [1.54, 1.807) is 4.68 Å². The van der Waals surface area contributed by atoms with E-state index in [0.717, 1.165) is 33.1 Å². The highest BCUT2D eigenvalue weighted by atomic mass is 35.5. The van der Waals surface area contributed by atoms with Crippen molar-refractivity contribution in [1.29, 1.82) is 0 Å². The molecule has 6 nitrogen and oxygen atoms in total. The van der Waals surface area contributed by atoms with Crippen LogP contribution in [0.5, 0.6) is 0 Å². The Kier molecular flexibility index (Phi) is 3.48. The summed E-state index contributed by atoms with van der Waals surface area (Å²) in [5, 5.41) is 14.4. The van der Waals surface area contributed by atoms with E-state index >= 15 is 0 Å². The third-order valence-corrected chi connectivity index (χ3v) is 4.61. The molecular weight excluding hydrogens is 304 g/mol. The molecule has 0 spiro atoms. The van der Waals surface area contributed by atoms with Gasteiger partial charge in [0.15, 0.2) is 0 Å². The normalized spacial score (nSPS) is 14.0. The summed E-state index contributed by atoms with van der Waals surface area (Å²) in [6, 6.07) is 3.86. The number of carboxylic acid groups (broad SMARTS) is 1. The van der Waals surface area contributed by atoms with E-state index < -0.39 is 6.09 Å². The van der Waals surface area contributed by atoms with Crippen LogP contribution >= 0.6 is 11.6 Å². The maximum Gasteiger partial charge on any atom is 0.407 e. The lowest BCUT2D eigenvalue weighted by Gasteiger charge is -2.23. The molecule has 0 atom stereocenters. The van der Waals surface area contributed by atoms with Crippen LogP contribution in [0.2, 0.25) is 5.02 Å². The second kappa shape index (κ2) is 5.21. The van der Waals surface area contributed by atoms with Gasteiger partial charge in [0.25, 0.3) is 0 Å². The number of anilines is 1. The lowest BCUT2D eigenvalue weighted by Crippen LogP contribution is -2.34. The highest BCUT2D eigenvalue weighted by molar-refractivity contribution is 6.32. The molecule has 0 bridgehead atoms. The number of nitrogens with two attached hydrogens (primary N) is 1. The number of nitrogens with zero attached hydrogens (tertiary/aromatic N) is 3. The Morgan fingerprint density at radius 3 is 2.59 bits per heavy atom. The molecule has 1 aliphatic rings. The van der Waals surface area contributed by atoms with Gasteiger partial charge in [0.2, 0.25) is 0 Å². The topological polar surface area (TPSA) is 84.4 Å². The van der Waals surface area contributed by atoms with E-state index in [4.69, 9.17) is 22.4 Å². The Hall–Kier alpha value is -2.21. The Bertz CT molecular complexity index is 746. The fourth-order valence-corrected chi connectivity index (χ4v) is 2.91. The number of benzene rings is 1. The molecule has 0 unspecified atom stereocenters. The summed E-state index contributed by atoms with van der Waals surface area (Å²) in [6.45, 7) is 4.59. The number of amides is 1. The van der Waals surface area contributed by atoms with Crippen LogP contribution in [0.15, 0.2) is 12.1 Å². The van der Waals surface area contributed by atoms with Gasteiger partial charge in [-0.1, -0.05) is 11.6 Å². The van der Waals surface area contributed by atoms with Crippen LogP contribution in [0, 0.1) is 13.8 Å². The van der Waals surface area contributed by atoms with Gasteiger partial charge in [-0.25, -0.2) is 9.48 Å². The summed E-state index contributed by atoms with van der Waals surface area (Å²) in [4.78, 5) is 12.5. The van der Waals surface area contributed by atoms with Crippen molar-refractivity contribution in [1.82, 2.24) is 14.7 Å². The Balaban J connectivity index is 2.06. The molecule has 3 rings (SSSR count). The second-order valence-electron chi connectivity index (χ2n) is 5.57. The van der Waals surface area contributed by atoms with Gasteiger partial charge in [0.1, 0.15) is 5.82 Å². The van der Waals surface area contributed by atoms with Gasteiger partial charge in [-0.3, -0.25) is 0 Å². The molecule has 0 radical (unpaired) electrons. The van der Waals surface area contributed by atoms with Crippen LogP contribution in [0.4, 0.5) is 10.6 Å². The smallest absolute Gasteiger partial charge is 0.407 e. The number of carbonyl (C=O) groups is 1. The number of hydrogen-bond donors (Lipinski definition) is 2. The van der Waals surface area contributed by atoms with Crippen molar-refractivity contribution in [3.05, 3.63) is 39.5 Å². The van der Waals surface area contributed by atoms with E-state index in [-0.39, 0.29) is 6.54 Å². The third-order valence-electron chi connectivity index (χ3n) is 4.01. The van der Waals surface area contributed by atoms with Crippen molar-refractivity contribution in [2.45, 2.75) is 26.8 Å². The summed E-state index contributed by atoms with van der Waals surface area (Å²) < 4.78 is 1.67. The summed E-state index contributed by atoms with van der Waals surface area (Å²) in [7, 11) is 0. The number of fused-ring (bicyclic) bond motifs is 1. The lowest BCUT2D eigenvalue weighted by molar-refractivity contribution is 0.140. The van der Waals surface area contributed by atoms with E-state index in [1.165, 1.54) is 4.90 Å². The van der Waals surface area contributed by atoms with Crippen LogP contribution in [-0.4, -0.2) is 32.4 Å². The maximum atomic E-state index is 11.1. The van der Waals surface area contributed by atoms with Gasteiger partial charge in [-0.2, -0.15) is 5.10 Å². The van der Waals surface area contributed by atoms with Crippen LogP contribution in [0.25, 0.3) is 5.69 Å². The average molecular weight is 321 g/mol. The maximum absolute atomic E-state index is 11.1. The fraction of sp³-hybridized carbons (Fsp3) is 0.333. The average Bonchev–Trinajstić information content (AvgIpc) is 2.81. The van der Waals surface area contributed by atoms with Crippen molar-refractivity contribution < 1.29 is 9.90 Å². The first-order valence-electron chi connectivity index (χ1n) is 6.99. The molecule has 0 saturated carbocycles. The Morgan fingerprint density at radius 1 is 1.36 bits per heavy atom. The predicted octanol–water partition coefficient (Wildman–Crippen LogP) is 2.76. The van der Waals surface area contributed by atoms with Crippen molar-refractivity contribution in [2.24, 2.45) is 0 Å². The van der Waals surface area contributed by atoms with Gasteiger partial charge in [0, 0.05) is 23.6 Å². The third kappa shape index (κ3) is 2.29. The van der Waals surface area contributed by atoms with Crippen LogP contribution in [-0.2, 0) is 13.0 Å². The molecule has 116 valence electrons. The number of aryl methyl sites for hydroxylation is 2. The van der Waals surface area contributed by atoms with Gasteiger partial charge >= 0.3 is 6.09 Å². The largest absolute Gasteiger partial charge is 0.465 e. The minimum Gasteiger partial charge on any atom is -0.465 e. The highest BCUT2D eigenvalue weighted by Crippen LogP contribution is 2.29. The Labute approximate surface area is 133 Å². The first kappa shape index (κ1) is 14.7. The zero-order valence-electron chi connectivity index (χ0n) is 12.4. The van der Waals surface area contributed by atoms with Crippen LogP contribution < -0.4 is 5.73 Å². The molecule has 1 aliphatic heterocycles. The highest BCUT2D eigenvalue weighted by Gasteiger charge is 2.26. The number of nitrogen functional groups attached to an aromatic ring is 1. The molecule has 7 heteroatoms. The first-order chi connectivity index (χ1) is 10.4. The molecule has 0 aliphatic carbocycles. The minimum absolute atomic E-state index is 0.280. The first-order valence-corrected chi connectivity index (χ1v) is 7.37.